The number of carboxylic acid groups (broad SMARTS) is 1. The largest absolute Gasteiger partial charge is 0.476 e. The number of rotatable bonds is 5. The lowest BCUT2D eigenvalue weighted by Gasteiger charge is -2.12. The fourth-order valence-electron chi connectivity index (χ4n) is 2.43. The van der Waals surface area contributed by atoms with E-state index >= 15 is 0 Å². The molecule has 23 heavy (non-hydrogen) atoms. The Bertz CT molecular complexity index is 840. The van der Waals surface area contributed by atoms with Crippen molar-refractivity contribution < 1.29 is 14.6 Å². The Balaban J connectivity index is 1.91. The number of carbonyl (C=O) groups is 1. The number of ether oxygens (including phenoxy) is 1. The van der Waals surface area contributed by atoms with Gasteiger partial charge in [-0.05, 0) is 25.0 Å². The van der Waals surface area contributed by atoms with Crippen molar-refractivity contribution in [1.82, 2.24) is 14.4 Å². The fourth-order valence-corrected chi connectivity index (χ4v) is 2.43. The molecule has 0 amide bonds. The van der Waals surface area contributed by atoms with E-state index in [9.17, 15) is 4.79 Å². The van der Waals surface area contributed by atoms with Gasteiger partial charge in [-0.25, -0.2) is 14.8 Å². The van der Waals surface area contributed by atoms with Crippen molar-refractivity contribution in [2.75, 3.05) is 6.61 Å². The van der Waals surface area contributed by atoms with Gasteiger partial charge >= 0.3 is 5.97 Å². The van der Waals surface area contributed by atoms with E-state index < -0.39 is 5.97 Å². The fraction of sp³-hybridized carbons (Fsp3) is 0.235. The van der Waals surface area contributed by atoms with Crippen LogP contribution < -0.4 is 0 Å². The van der Waals surface area contributed by atoms with E-state index in [1.807, 2.05) is 44.3 Å². The molecule has 118 valence electrons. The monoisotopic (exact) mass is 311 g/mol. The van der Waals surface area contributed by atoms with Crippen LogP contribution in [-0.2, 0) is 4.74 Å². The highest BCUT2D eigenvalue weighted by atomic mass is 16.5. The summed E-state index contributed by atoms with van der Waals surface area (Å²) in [5.74, 6) is -0.695. The molecular weight excluding hydrogens is 294 g/mol. The second kappa shape index (κ2) is 6.18. The highest BCUT2D eigenvalue weighted by molar-refractivity contribution is 5.85. The molecule has 2 heterocycles. The van der Waals surface area contributed by atoms with Gasteiger partial charge in [-0.1, -0.05) is 24.3 Å². The smallest absolute Gasteiger partial charge is 0.356 e. The van der Waals surface area contributed by atoms with Crippen molar-refractivity contribution in [3.05, 3.63) is 54.1 Å². The third-order valence-electron chi connectivity index (χ3n) is 3.66. The number of nitrogens with zero attached hydrogens (tertiary/aromatic N) is 3. The van der Waals surface area contributed by atoms with E-state index in [2.05, 4.69) is 9.97 Å². The average molecular weight is 311 g/mol. The summed E-state index contributed by atoms with van der Waals surface area (Å²) < 4.78 is 7.20. The number of benzene rings is 1. The summed E-state index contributed by atoms with van der Waals surface area (Å²) in [5, 5.41) is 8.98. The van der Waals surface area contributed by atoms with Gasteiger partial charge in [0.05, 0.1) is 6.10 Å². The number of fused-ring (bicyclic) bond motifs is 1. The zero-order valence-corrected chi connectivity index (χ0v) is 12.9. The molecule has 3 rings (SSSR count). The van der Waals surface area contributed by atoms with Crippen molar-refractivity contribution >= 4 is 11.7 Å². The Morgan fingerprint density at radius 2 is 2.00 bits per heavy atom. The first-order valence-electron chi connectivity index (χ1n) is 7.38. The molecule has 0 aliphatic heterocycles. The first-order valence-corrected chi connectivity index (χ1v) is 7.38. The number of imidazole rings is 1. The van der Waals surface area contributed by atoms with Crippen LogP contribution in [0.4, 0.5) is 0 Å². The highest BCUT2D eigenvalue weighted by Crippen LogP contribution is 2.23. The molecule has 6 nitrogen and oxygen atoms in total. The van der Waals surface area contributed by atoms with Crippen LogP contribution in [0.1, 0.15) is 36.0 Å². The van der Waals surface area contributed by atoms with Gasteiger partial charge in [0.1, 0.15) is 0 Å². The van der Waals surface area contributed by atoms with Gasteiger partial charge in [-0.2, -0.15) is 0 Å². The predicted molar refractivity (Wildman–Crippen MR) is 85.4 cm³/mol. The summed E-state index contributed by atoms with van der Waals surface area (Å²) in [6.07, 6.45) is 5.03. The molecule has 0 bridgehead atoms. The third kappa shape index (κ3) is 3.07. The number of hydrogen-bond acceptors (Lipinski definition) is 4. The maximum absolute atomic E-state index is 11.0. The number of carboxylic acids is 1. The van der Waals surface area contributed by atoms with E-state index in [4.69, 9.17) is 9.84 Å². The molecule has 0 spiro atoms. The Hall–Kier alpha value is -2.73. The molecule has 0 saturated carbocycles. The summed E-state index contributed by atoms with van der Waals surface area (Å²) in [5.41, 5.74) is 2.98. The second-order valence-electron chi connectivity index (χ2n) is 5.20. The summed E-state index contributed by atoms with van der Waals surface area (Å²) in [4.78, 5) is 19.1. The highest BCUT2D eigenvalue weighted by Gasteiger charge is 2.10. The van der Waals surface area contributed by atoms with E-state index in [0.717, 1.165) is 16.7 Å². The SMILES string of the molecule is CCOC(C)c1ccc(-c2cnc3nc(C(=O)O)cn3c2)cc1. The molecule has 6 heteroatoms. The van der Waals surface area contributed by atoms with Crippen LogP contribution in [-0.4, -0.2) is 32.1 Å². The molecule has 1 atom stereocenters. The molecule has 1 N–H and O–H groups in total. The van der Waals surface area contributed by atoms with Gasteiger partial charge < -0.3 is 9.84 Å². The van der Waals surface area contributed by atoms with Crippen LogP contribution >= 0.6 is 0 Å². The lowest BCUT2D eigenvalue weighted by Crippen LogP contribution is -1.99. The molecule has 2 aromatic heterocycles. The quantitative estimate of drug-likeness (QED) is 0.783. The number of aromatic carboxylic acids is 1. The zero-order chi connectivity index (χ0) is 16.4. The van der Waals surface area contributed by atoms with Crippen LogP contribution in [0.2, 0.25) is 0 Å². The van der Waals surface area contributed by atoms with Gasteiger partial charge in [0.2, 0.25) is 5.78 Å². The summed E-state index contributed by atoms with van der Waals surface area (Å²) in [6, 6.07) is 8.05. The molecule has 3 aromatic rings. The maximum atomic E-state index is 11.0. The van der Waals surface area contributed by atoms with Crippen LogP contribution in [0.25, 0.3) is 16.9 Å². The van der Waals surface area contributed by atoms with Crippen molar-refractivity contribution in [3.63, 3.8) is 0 Å². The molecule has 0 aliphatic carbocycles. The summed E-state index contributed by atoms with van der Waals surface area (Å²) >= 11 is 0. The van der Waals surface area contributed by atoms with Crippen LogP contribution in [0.5, 0.6) is 0 Å². The first kappa shape index (κ1) is 15.2. The van der Waals surface area contributed by atoms with Crippen molar-refractivity contribution in [3.8, 4) is 11.1 Å². The Labute approximate surface area is 133 Å². The van der Waals surface area contributed by atoms with E-state index in [0.29, 0.717) is 12.4 Å². The predicted octanol–water partition coefficient (Wildman–Crippen LogP) is 3.19. The minimum Gasteiger partial charge on any atom is -0.476 e. The van der Waals surface area contributed by atoms with Crippen LogP contribution in [0.15, 0.2) is 42.9 Å². The van der Waals surface area contributed by atoms with E-state index in [1.54, 1.807) is 10.6 Å². The minimum atomic E-state index is -1.06. The third-order valence-corrected chi connectivity index (χ3v) is 3.66. The Morgan fingerprint density at radius 3 is 2.65 bits per heavy atom. The molecular formula is C17H17N3O3. The van der Waals surface area contributed by atoms with Gasteiger partial charge in [-0.15, -0.1) is 0 Å². The molecule has 0 aliphatic rings. The Morgan fingerprint density at radius 1 is 1.26 bits per heavy atom. The summed E-state index contributed by atoms with van der Waals surface area (Å²) in [7, 11) is 0. The van der Waals surface area contributed by atoms with E-state index in [1.165, 1.54) is 6.20 Å². The van der Waals surface area contributed by atoms with Crippen molar-refractivity contribution in [1.29, 1.82) is 0 Å². The van der Waals surface area contributed by atoms with Gasteiger partial charge in [0, 0.05) is 30.8 Å². The molecule has 0 radical (unpaired) electrons. The average Bonchev–Trinajstić information content (AvgIpc) is 2.98. The lowest BCUT2D eigenvalue weighted by molar-refractivity contribution is 0.0691. The number of hydrogen-bond donors (Lipinski definition) is 1. The van der Waals surface area contributed by atoms with Gasteiger partial charge in [0.25, 0.3) is 0 Å². The minimum absolute atomic E-state index is 0.0180. The maximum Gasteiger partial charge on any atom is 0.356 e. The molecule has 1 unspecified atom stereocenters. The van der Waals surface area contributed by atoms with Crippen LogP contribution in [0, 0.1) is 0 Å². The Kier molecular flexibility index (Phi) is 4.08. The summed E-state index contributed by atoms with van der Waals surface area (Å²) in [6.45, 7) is 4.67. The molecule has 0 fully saturated rings. The van der Waals surface area contributed by atoms with E-state index in [-0.39, 0.29) is 11.8 Å². The molecule has 0 saturated heterocycles. The lowest BCUT2D eigenvalue weighted by atomic mass is 10.0. The molecule has 1 aromatic carbocycles. The second-order valence-corrected chi connectivity index (χ2v) is 5.20. The number of aromatic nitrogens is 3. The zero-order valence-electron chi connectivity index (χ0n) is 12.9. The van der Waals surface area contributed by atoms with Gasteiger partial charge in [0.15, 0.2) is 5.69 Å². The normalized spacial score (nSPS) is 12.4. The van der Waals surface area contributed by atoms with Crippen molar-refractivity contribution in [2.24, 2.45) is 0 Å². The van der Waals surface area contributed by atoms with Gasteiger partial charge in [-0.3, -0.25) is 4.40 Å². The first-order chi connectivity index (χ1) is 11.1. The van der Waals surface area contributed by atoms with Crippen LogP contribution in [0.3, 0.4) is 0 Å². The standard InChI is InChI=1S/C17H17N3O3/c1-3-23-11(2)12-4-6-13(7-5-12)14-8-18-17-19-15(16(21)22)10-20(17)9-14/h4-11H,3H2,1-2H3,(H,21,22). The topological polar surface area (TPSA) is 76.7 Å². The van der Waals surface area contributed by atoms with Crippen molar-refractivity contribution in [2.45, 2.75) is 20.0 Å².